The van der Waals surface area contributed by atoms with Crippen LogP contribution < -0.4 is 4.74 Å². The summed E-state index contributed by atoms with van der Waals surface area (Å²) in [7, 11) is 0. The van der Waals surface area contributed by atoms with Gasteiger partial charge in [0.05, 0.1) is 6.42 Å². The second kappa shape index (κ2) is 7.95. The lowest BCUT2D eigenvalue weighted by Gasteiger charge is -2.27. The van der Waals surface area contributed by atoms with Crippen LogP contribution >= 0.6 is 0 Å². The first-order chi connectivity index (χ1) is 12.9. The molecule has 3 rings (SSSR count). The van der Waals surface area contributed by atoms with Crippen molar-refractivity contribution < 1.29 is 19.1 Å². The van der Waals surface area contributed by atoms with Crippen molar-refractivity contribution in [1.82, 2.24) is 0 Å². The predicted molar refractivity (Wildman–Crippen MR) is 106 cm³/mol. The van der Waals surface area contributed by atoms with E-state index in [-0.39, 0.29) is 17.6 Å². The molecule has 0 bridgehead atoms. The maximum Gasteiger partial charge on any atom is 0.334 e. The predicted octanol–water partition coefficient (Wildman–Crippen LogP) is 5.27. The van der Waals surface area contributed by atoms with Gasteiger partial charge in [0.25, 0.3) is 0 Å². The monoisotopic (exact) mass is 366 g/mol. The molecular formula is C23H26O4. The molecule has 142 valence electrons. The summed E-state index contributed by atoms with van der Waals surface area (Å²) < 4.78 is 11.1. The summed E-state index contributed by atoms with van der Waals surface area (Å²) in [5, 5.41) is 2.08. The van der Waals surface area contributed by atoms with E-state index < -0.39 is 11.9 Å². The van der Waals surface area contributed by atoms with Gasteiger partial charge in [-0.1, -0.05) is 43.3 Å². The molecule has 2 aromatic rings. The molecule has 1 fully saturated rings. The van der Waals surface area contributed by atoms with Crippen molar-refractivity contribution in [3.05, 3.63) is 54.1 Å². The maximum absolute atomic E-state index is 12.3. The number of aryl methyl sites for hydroxylation is 1. The Morgan fingerprint density at radius 1 is 1.07 bits per heavy atom. The van der Waals surface area contributed by atoms with Crippen LogP contribution in [0.15, 0.2) is 48.6 Å². The summed E-state index contributed by atoms with van der Waals surface area (Å²) in [6.45, 7) is 7.77. The Morgan fingerprint density at radius 2 is 1.78 bits per heavy atom. The van der Waals surface area contributed by atoms with Gasteiger partial charge in [-0.25, -0.2) is 4.79 Å². The molecule has 0 unspecified atom stereocenters. The number of esters is 2. The third kappa shape index (κ3) is 4.57. The second-order valence-corrected chi connectivity index (χ2v) is 7.40. The van der Waals surface area contributed by atoms with Gasteiger partial charge in [-0.2, -0.15) is 0 Å². The van der Waals surface area contributed by atoms with Crippen LogP contribution in [-0.4, -0.2) is 17.5 Å². The zero-order chi connectivity index (χ0) is 19.4. The Hall–Kier alpha value is -2.62. The van der Waals surface area contributed by atoms with Gasteiger partial charge in [0, 0.05) is 5.57 Å². The molecule has 4 heteroatoms. The number of rotatable bonds is 6. The van der Waals surface area contributed by atoms with E-state index >= 15 is 0 Å². The normalized spacial score (nSPS) is 15.5. The van der Waals surface area contributed by atoms with Crippen LogP contribution in [0.1, 0.15) is 51.0 Å². The van der Waals surface area contributed by atoms with Gasteiger partial charge in [-0.15, -0.1) is 0 Å². The average molecular weight is 366 g/mol. The Morgan fingerprint density at radius 3 is 2.48 bits per heavy atom. The van der Waals surface area contributed by atoms with E-state index in [1.54, 1.807) is 6.07 Å². The number of carbonyl (C=O) groups is 2. The van der Waals surface area contributed by atoms with Crippen LogP contribution in [0.4, 0.5) is 0 Å². The highest BCUT2D eigenvalue weighted by Gasteiger charge is 2.36. The molecule has 1 aliphatic carbocycles. The van der Waals surface area contributed by atoms with Gasteiger partial charge in [-0.05, 0) is 61.9 Å². The molecule has 0 spiro atoms. The molecule has 0 amide bonds. The molecule has 27 heavy (non-hydrogen) atoms. The standard InChI is InChI=1S/C23H26O4/c1-4-23(11-5-6-12-23)27-22(25)17(3)14-21(24)26-20-10-9-18-8-7-16(2)13-19(18)15-20/h7-10,13,15H,3-6,11-12,14H2,1-2H3. The molecule has 0 aromatic heterocycles. The van der Waals surface area contributed by atoms with Gasteiger partial charge < -0.3 is 9.47 Å². The van der Waals surface area contributed by atoms with Crippen molar-refractivity contribution in [3.8, 4) is 5.75 Å². The van der Waals surface area contributed by atoms with E-state index in [1.165, 1.54) is 0 Å². The van der Waals surface area contributed by atoms with Gasteiger partial charge in [0.2, 0.25) is 0 Å². The summed E-state index contributed by atoms with van der Waals surface area (Å²) in [4.78, 5) is 24.6. The number of carbonyl (C=O) groups excluding carboxylic acids is 2. The van der Waals surface area contributed by atoms with Crippen LogP contribution in [0, 0.1) is 6.92 Å². The summed E-state index contributed by atoms with van der Waals surface area (Å²) >= 11 is 0. The minimum absolute atomic E-state index is 0.136. The zero-order valence-corrected chi connectivity index (χ0v) is 16.0. The fraction of sp³-hybridized carbons (Fsp3) is 0.391. The van der Waals surface area contributed by atoms with Crippen molar-refractivity contribution in [1.29, 1.82) is 0 Å². The van der Waals surface area contributed by atoms with E-state index in [4.69, 9.17) is 9.47 Å². The number of fused-ring (bicyclic) bond motifs is 1. The fourth-order valence-electron chi connectivity index (χ4n) is 3.64. The Labute approximate surface area is 160 Å². The lowest BCUT2D eigenvalue weighted by Crippen LogP contribution is -2.32. The van der Waals surface area contributed by atoms with E-state index in [1.807, 2.05) is 44.2 Å². The third-order valence-corrected chi connectivity index (χ3v) is 5.31. The average Bonchev–Trinajstić information content (AvgIpc) is 3.10. The minimum atomic E-state index is -0.513. The minimum Gasteiger partial charge on any atom is -0.456 e. The van der Waals surface area contributed by atoms with E-state index in [9.17, 15) is 9.59 Å². The SMILES string of the molecule is C=C(CC(=O)Oc1ccc2ccc(C)cc2c1)C(=O)OC1(CC)CCCC1. The molecule has 1 saturated carbocycles. The van der Waals surface area contributed by atoms with Gasteiger partial charge in [0.1, 0.15) is 11.4 Å². The van der Waals surface area contributed by atoms with Crippen LogP contribution in [0.2, 0.25) is 0 Å². The van der Waals surface area contributed by atoms with Crippen LogP contribution in [0.3, 0.4) is 0 Å². The number of hydrogen-bond acceptors (Lipinski definition) is 4. The largest absolute Gasteiger partial charge is 0.456 e. The number of hydrogen-bond donors (Lipinski definition) is 0. The third-order valence-electron chi connectivity index (χ3n) is 5.31. The molecular weight excluding hydrogens is 340 g/mol. The molecule has 0 saturated heterocycles. The molecule has 0 heterocycles. The topological polar surface area (TPSA) is 52.6 Å². The summed E-state index contributed by atoms with van der Waals surface area (Å²) in [6.07, 6.45) is 4.50. The quantitative estimate of drug-likeness (QED) is 0.397. The van der Waals surface area contributed by atoms with Crippen LogP contribution in [0.5, 0.6) is 5.75 Å². The molecule has 0 atom stereocenters. The number of ether oxygens (including phenoxy) is 2. The first-order valence-corrected chi connectivity index (χ1v) is 9.53. The molecule has 0 aliphatic heterocycles. The van der Waals surface area contributed by atoms with Crippen molar-refractivity contribution in [3.63, 3.8) is 0 Å². The highest BCUT2D eigenvalue weighted by Crippen LogP contribution is 2.36. The lowest BCUT2D eigenvalue weighted by atomic mass is 9.98. The van der Waals surface area contributed by atoms with Crippen molar-refractivity contribution >= 4 is 22.7 Å². The highest BCUT2D eigenvalue weighted by atomic mass is 16.6. The number of benzene rings is 2. The molecule has 1 aliphatic rings. The van der Waals surface area contributed by atoms with Gasteiger partial charge in [0.15, 0.2) is 0 Å². The van der Waals surface area contributed by atoms with Crippen molar-refractivity contribution in [2.45, 2.75) is 58.0 Å². The summed E-state index contributed by atoms with van der Waals surface area (Å²) in [6, 6.07) is 11.6. The van der Waals surface area contributed by atoms with Crippen molar-refractivity contribution in [2.75, 3.05) is 0 Å². The van der Waals surface area contributed by atoms with E-state index in [0.717, 1.165) is 48.4 Å². The first-order valence-electron chi connectivity index (χ1n) is 9.53. The fourth-order valence-corrected chi connectivity index (χ4v) is 3.64. The van der Waals surface area contributed by atoms with Crippen LogP contribution in [-0.2, 0) is 14.3 Å². The highest BCUT2D eigenvalue weighted by molar-refractivity contribution is 5.94. The van der Waals surface area contributed by atoms with E-state index in [0.29, 0.717) is 5.75 Å². The smallest absolute Gasteiger partial charge is 0.334 e. The molecule has 2 aromatic carbocycles. The Balaban J connectivity index is 1.60. The molecule has 4 nitrogen and oxygen atoms in total. The molecule has 0 radical (unpaired) electrons. The Bertz CT molecular complexity index is 875. The molecule has 0 N–H and O–H groups in total. The zero-order valence-electron chi connectivity index (χ0n) is 16.0. The first kappa shape index (κ1) is 19.2. The van der Waals surface area contributed by atoms with Gasteiger partial charge in [-0.3, -0.25) is 4.79 Å². The lowest BCUT2D eigenvalue weighted by molar-refractivity contribution is -0.155. The maximum atomic E-state index is 12.3. The Kier molecular flexibility index (Phi) is 5.64. The summed E-state index contributed by atoms with van der Waals surface area (Å²) in [5.74, 6) is -0.550. The van der Waals surface area contributed by atoms with E-state index in [2.05, 4.69) is 6.58 Å². The summed E-state index contributed by atoms with van der Waals surface area (Å²) in [5.41, 5.74) is 0.885. The van der Waals surface area contributed by atoms with Gasteiger partial charge >= 0.3 is 11.9 Å². The van der Waals surface area contributed by atoms with Crippen molar-refractivity contribution in [2.24, 2.45) is 0 Å². The van der Waals surface area contributed by atoms with Crippen LogP contribution in [0.25, 0.3) is 10.8 Å². The second-order valence-electron chi connectivity index (χ2n) is 7.40.